The number of ether oxygens (including phenoxy) is 4. The first kappa shape index (κ1) is 11.9. The average Bonchev–Trinajstić information content (AvgIpc) is 2.93. The van der Waals surface area contributed by atoms with E-state index in [9.17, 15) is 0 Å². The smallest absolute Gasteiger partial charge is 0.231 e. The summed E-state index contributed by atoms with van der Waals surface area (Å²) in [6.07, 6.45) is 2.02. The third kappa shape index (κ3) is 2.11. The van der Waals surface area contributed by atoms with Crippen molar-refractivity contribution in [1.29, 1.82) is 5.26 Å². The molecule has 2 atom stereocenters. The van der Waals surface area contributed by atoms with Crippen LogP contribution in [-0.4, -0.2) is 20.2 Å². The lowest BCUT2D eigenvalue weighted by Crippen LogP contribution is -2.26. The predicted molar refractivity (Wildman–Crippen MR) is 65.5 cm³/mol. The van der Waals surface area contributed by atoms with Crippen molar-refractivity contribution in [2.45, 2.75) is 18.6 Å². The van der Waals surface area contributed by atoms with Gasteiger partial charge in [0, 0.05) is 7.11 Å². The normalized spacial score (nSPS) is 24.3. The monoisotopic (exact) mass is 259 g/mol. The van der Waals surface area contributed by atoms with Gasteiger partial charge in [-0.1, -0.05) is 6.07 Å². The molecule has 1 aromatic rings. The molecule has 5 heteroatoms. The van der Waals surface area contributed by atoms with Crippen LogP contribution < -0.4 is 9.47 Å². The molecular weight excluding hydrogens is 246 g/mol. The van der Waals surface area contributed by atoms with Crippen molar-refractivity contribution in [3.63, 3.8) is 0 Å². The van der Waals surface area contributed by atoms with Crippen LogP contribution in [0.4, 0.5) is 0 Å². The van der Waals surface area contributed by atoms with Gasteiger partial charge in [-0.2, -0.15) is 5.26 Å². The summed E-state index contributed by atoms with van der Waals surface area (Å²) >= 11 is 0. The summed E-state index contributed by atoms with van der Waals surface area (Å²) < 4.78 is 21.5. The van der Waals surface area contributed by atoms with E-state index in [-0.39, 0.29) is 12.7 Å². The molecule has 19 heavy (non-hydrogen) atoms. The van der Waals surface area contributed by atoms with Gasteiger partial charge in [-0.3, -0.25) is 0 Å². The first-order valence-corrected chi connectivity index (χ1v) is 6.01. The van der Waals surface area contributed by atoms with Gasteiger partial charge in [-0.05, 0) is 30.2 Å². The van der Waals surface area contributed by atoms with Gasteiger partial charge in [0.2, 0.25) is 13.1 Å². The molecular formula is C14H13NO4. The van der Waals surface area contributed by atoms with Crippen LogP contribution >= 0.6 is 0 Å². The number of hydrogen-bond donors (Lipinski definition) is 0. The lowest BCUT2D eigenvalue weighted by atomic mass is 9.93. The first-order chi connectivity index (χ1) is 9.31. The Balaban J connectivity index is 1.89. The van der Waals surface area contributed by atoms with Crippen LogP contribution in [0.5, 0.6) is 11.5 Å². The van der Waals surface area contributed by atoms with Crippen LogP contribution in [0.25, 0.3) is 0 Å². The zero-order valence-electron chi connectivity index (χ0n) is 10.5. The number of rotatable bonds is 2. The van der Waals surface area contributed by atoms with Crippen molar-refractivity contribution in [3.8, 4) is 17.6 Å². The zero-order valence-corrected chi connectivity index (χ0v) is 10.5. The number of methoxy groups -OCH3 is 1. The van der Waals surface area contributed by atoms with Gasteiger partial charge in [0.1, 0.15) is 6.07 Å². The molecule has 0 bridgehead atoms. The molecule has 3 rings (SSSR count). The van der Waals surface area contributed by atoms with E-state index in [1.807, 2.05) is 24.3 Å². The minimum Gasteiger partial charge on any atom is -0.454 e. The molecule has 0 unspecified atom stereocenters. The fraction of sp³-hybridized carbons (Fsp3) is 0.357. The summed E-state index contributed by atoms with van der Waals surface area (Å²) in [7, 11) is 1.57. The number of hydrogen-bond acceptors (Lipinski definition) is 5. The Labute approximate surface area is 110 Å². The quantitative estimate of drug-likeness (QED) is 0.815. The molecule has 1 aromatic carbocycles. The molecule has 0 spiro atoms. The summed E-state index contributed by atoms with van der Waals surface area (Å²) in [5.74, 6) is 1.84. The van der Waals surface area contributed by atoms with Crippen LogP contribution in [0.1, 0.15) is 17.9 Å². The predicted octanol–water partition coefficient (Wildman–Crippen LogP) is 2.30. The van der Waals surface area contributed by atoms with E-state index in [2.05, 4.69) is 0 Å². The number of nitriles is 1. The second kappa shape index (κ2) is 4.82. The van der Waals surface area contributed by atoms with Crippen molar-refractivity contribution in [2.24, 2.45) is 0 Å². The van der Waals surface area contributed by atoms with E-state index in [1.54, 1.807) is 13.2 Å². The van der Waals surface area contributed by atoms with Crippen molar-refractivity contribution in [2.75, 3.05) is 13.9 Å². The highest BCUT2D eigenvalue weighted by molar-refractivity contribution is 5.46. The summed E-state index contributed by atoms with van der Waals surface area (Å²) in [5, 5.41) is 8.85. The summed E-state index contributed by atoms with van der Waals surface area (Å²) in [6, 6.07) is 7.79. The summed E-state index contributed by atoms with van der Waals surface area (Å²) in [4.78, 5) is 0. The van der Waals surface area contributed by atoms with E-state index < -0.39 is 6.29 Å². The molecule has 98 valence electrons. The molecule has 2 aliphatic heterocycles. The Morgan fingerprint density at radius 3 is 2.95 bits per heavy atom. The van der Waals surface area contributed by atoms with Crippen LogP contribution in [0.15, 0.2) is 30.0 Å². The maximum atomic E-state index is 8.85. The van der Waals surface area contributed by atoms with E-state index in [1.165, 1.54) is 0 Å². The lowest BCUT2D eigenvalue weighted by Gasteiger charge is -2.29. The van der Waals surface area contributed by atoms with E-state index in [0.717, 1.165) is 17.1 Å². The lowest BCUT2D eigenvalue weighted by molar-refractivity contribution is -0.113. The summed E-state index contributed by atoms with van der Waals surface area (Å²) in [6.45, 7) is 0.256. The molecule has 0 amide bonds. The highest BCUT2D eigenvalue weighted by Crippen LogP contribution is 2.38. The van der Waals surface area contributed by atoms with Crippen molar-refractivity contribution < 1.29 is 18.9 Å². The van der Waals surface area contributed by atoms with Crippen molar-refractivity contribution >= 4 is 0 Å². The van der Waals surface area contributed by atoms with Crippen LogP contribution in [0, 0.1) is 11.3 Å². The number of nitrogens with zero attached hydrogens (tertiary/aromatic N) is 1. The van der Waals surface area contributed by atoms with Gasteiger partial charge in [-0.15, -0.1) is 0 Å². The van der Waals surface area contributed by atoms with Crippen molar-refractivity contribution in [3.05, 3.63) is 35.6 Å². The maximum Gasteiger partial charge on any atom is 0.231 e. The minimum absolute atomic E-state index is 0.0385. The zero-order chi connectivity index (χ0) is 13.2. The van der Waals surface area contributed by atoms with E-state index in [4.69, 9.17) is 24.2 Å². The Bertz CT molecular complexity index is 561. The summed E-state index contributed by atoms with van der Waals surface area (Å²) in [5.41, 5.74) is 1.05. The first-order valence-electron chi connectivity index (χ1n) is 6.01. The topological polar surface area (TPSA) is 60.7 Å². The Hall–Kier alpha value is -2.19. The van der Waals surface area contributed by atoms with Gasteiger partial charge >= 0.3 is 0 Å². The number of allylic oxidation sites excluding steroid dienone is 2. The number of fused-ring (bicyclic) bond motifs is 1. The Kier molecular flexibility index (Phi) is 3.02. The van der Waals surface area contributed by atoms with Gasteiger partial charge in [0.05, 0.1) is 5.92 Å². The fourth-order valence-electron chi connectivity index (χ4n) is 2.32. The molecule has 0 N–H and O–H groups in total. The molecule has 2 aliphatic rings. The van der Waals surface area contributed by atoms with Gasteiger partial charge < -0.3 is 18.9 Å². The molecule has 0 saturated carbocycles. The SMILES string of the molecule is CO[C@H]1OC(C#N)=CC[C@@H]1c1ccc2c(c1)OCO2. The highest BCUT2D eigenvalue weighted by atomic mass is 16.7. The van der Waals surface area contributed by atoms with Crippen LogP contribution in [-0.2, 0) is 9.47 Å². The van der Waals surface area contributed by atoms with E-state index in [0.29, 0.717) is 12.2 Å². The minimum atomic E-state index is -0.458. The largest absolute Gasteiger partial charge is 0.454 e. The molecule has 0 radical (unpaired) electrons. The Morgan fingerprint density at radius 1 is 1.32 bits per heavy atom. The highest BCUT2D eigenvalue weighted by Gasteiger charge is 2.30. The fourth-order valence-corrected chi connectivity index (χ4v) is 2.32. The average molecular weight is 259 g/mol. The second-order valence-electron chi connectivity index (χ2n) is 4.36. The van der Waals surface area contributed by atoms with E-state index >= 15 is 0 Å². The molecule has 0 aliphatic carbocycles. The maximum absolute atomic E-state index is 8.85. The third-order valence-electron chi connectivity index (χ3n) is 3.30. The number of benzene rings is 1. The molecule has 0 saturated heterocycles. The van der Waals surface area contributed by atoms with Gasteiger partial charge in [0.25, 0.3) is 0 Å². The third-order valence-corrected chi connectivity index (χ3v) is 3.30. The molecule has 5 nitrogen and oxygen atoms in total. The molecule has 0 fully saturated rings. The second-order valence-corrected chi connectivity index (χ2v) is 4.36. The van der Waals surface area contributed by atoms with Gasteiger partial charge in [-0.25, -0.2) is 0 Å². The molecule has 2 heterocycles. The van der Waals surface area contributed by atoms with Crippen molar-refractivity contribution in [1.82, 2.24) is 0 Å². The standard InChI is InChI=1S/C14H13NO4/c1-16-14-11(4-3-10(7-15)19-14)9-2-5-12-13(6-9)18-8-17-12/h2-3,5-6,11,14H,4,8H2,1H3/t11-,14+/m1/s1. The van der Waals surface area contributed by atoms with Gasteiger partial charge in [0.15, 0.2) is 17.3 Å². The van der Waals surface area contributed by atoms with Crippen LogP contribution in [0.2, 0.25) is 0 Å². The Morgan fingerprint density at radius 2 is 2.16 bits per heavy atom. The molecule has 0 aromatic heterocycles. The van der Waals surface area contributed by atoms with Crippen LogP contribution in [0.3, 0.4) is 0 Å².